The van der Waals surface area contributed by atoms with Crippen molar-refractivity contribution < 1.29 is 0 Å². The van der Waals surface area contributed by atoms with Crippen LogP contribution in [0.4, 0.5) is 0 Å². The van der Waals surface area contributed by atoms with Gasteiger partial charge >= 0.3 is 0 Å². The molecular formula is C23H16N2S. The highest BCUT2D eigenvalue weighted by molar-refractivity contribution is 7.26. The van der Waals surface area contributed by atoms with Crippen molar-refractivity contribution in [1.82, 2.24) is 9.97 Å². The number of nitrogens with zero attached hydrogens (tertiary/aromatic N) is 2. The first-order chi connectivity index (χ1) is 12.8. The summed E-state index contributed by atoms with van der Waals surface area (Å²) in [5, 5.41) is 2.60. The number of rotatable bonds is 2. The van der Waals surface area contributed by atoms with Gasteiger partial charge in [0, 0.05) is 37.0 Å². The average Bonchev–Trinajstić information content (AvgIpc) is 3.07. The minimum Gasteiger partial charge on any atom is -0.233 e. The molecule has 0 atom stereocenters. The second kappa shape index (κ2) is 6.04. The van der Waals surface area contributed by atoms with E-state index in [1.165, 1.54) is 25.7 Å². The van der Waals surface area contributed by atoms with E-state index in [4.69, 9.17) is 4.98 Å². The molecular weight excluding hydrogens is 336 g/mol. The van der Waals surface area contributed by atoms with Crippen molar-refractivity contribution in [2.24, 2.45) is 0 Å². The molecule has 26 heavy (non-hydrogen) atoms. The zero-order valence-electron chi connectivity index (χ0n) is 14.3. The molecule has 5 rings (SSSR count). The quantitative estimate of drug-likeness (QED) is 0.363. The number of benzene rings is 3. The molecule has 0 aliphatic rings. The Hall–Kier alpha value is -3.04. The van der Waals surface area contributed by atoms with Gasteiger partial charge in [-0.3, -0.25) is 0 Å². The van der Waals surface area contributed by atoms with Crippen LogP contribution in [0.2, 0.25) is 0 Å². The molecule has 0 unspecified atom stereocenters. The van der Waals surface area contributed by atoms with Crippen LogP contribution in [0, 0.1) is 6.92 Å². The van der Waals surface area contributed by atoms with E-state index in [0.717, 1.165) is 22.8 Å². The third-order valence-electron chi connectivity index (χ3n) is 4.57. The maximum atomic E-state index is 4.89. The fourth-order valence-electron chi connectivity index (χ4n) is 3.37. The van der Waals surface area contributed by atoms with Gasteiger partial charge in [-0.25, -0.2) is 9.97 Å². The van der Waals surface area contributed by atoms with E-state index in [2.05, 4.69) is 65.6 Å². The van der Waals surface area contributed by atoms with Crippen molar-refractivity contribution >= 4 is 31.5 Å². The summed E-state index contributed by atoms with van der Waals surface area (Å²) in [6.07, 6.45) is 0. The minimum absolute atomic E-state index is 0.777. The monoisotopic (exact) mass is 352 g/mol. The lowest BCUT2D eigenvalue weighted by Crippen LogP contribution is -1.95. The van der Waals surface area contributed by atoms with Crippen LogP contribution in [0.1, 0.15) is 5.69 Å². The maximum Gasteiger partial charge on any atom is 0.160 e. The number of thiophene rings is 1. The molecule has 2 aromatic heterocycles. The summed E-state index contributed by atoms with van der Waals surface area (Å²) < 4.78 is 2.59. The Labute approximate surface area is 155 Å². The smallest absolute Gasteiger partial charge is 0.160 e. The van der Waals surface area contributed by atoms with Gasteiger partial charge in [-0.15, -0.1) is 11.3 Å². The van der Waals surface area contributed by atoms with Crippen LogP contribution in [0.3, 0.4) is 0 Å². The molecule has 5 aromatic rings. The first kappa shape index (κ1) is 15.2. The zero-order valence-corrected chi connectivity index (χ0v) is 15.1. The molecule has 0 saturated heterocycles. The van der Waals surface area contributed by atoms with Gasteiger partial charge in [0.1, 0.15) is 0 Å². The SMILES string of the molecule is Cc1cc(-c2cccc3c2sc2ccccc23)nc(-c2ccccc2)n1. The van der Waals surface area contributed by atoms with E-state index in [9.17, 15) is 0 Å². The molecule has 3 aromatic carbocycles. The third kappa shape index (κ3) is 2.49. The summed E-state index contributed by atoms with van der Waals surface area (Å²) in [6.45, 7) is 2.03. The highest BCUT2D eigenvalue weighted by Gasteiger charge is 2.13. The molecule has 2 nitrogen and oxygen atoms in total. The van der Waals surface area contributed by atoms with Crippen LogP contribution in [0.25, 0.3) is 42.8 Å². The molecule has 2 heterocycles. The lowest BCUT2D eigenvalue weighted by Gasteiger charge is -2.07. The Balaban J connectivity index is 1.77. The second-order valence-electron chi connectivity index (χ2n) is 6.36. The minimum atomic E-state index is 0.777. The van der Waals surface area contributed by atoms with E-state index < -0.39 is 0 Å². The van der Waals surface area contributed by atoms with Gasteiger partial charge in [-0.1, -0.05) is 66.7 Å². The predicted molar refractivity (Wildman–Crippen MR) is 111 cm³/mol. The van der Waals surface area contributed by atoms with E-state index in [1.807, 2.05) is 36.5 Å². The summed E-state index contributed by atoms with van der Waals surface area (Å²) in [4.78, 5) is 9.53. The van der Waals surface area contributed by atoms with Crippen LogP contribution in [-0.4, -0.2) is 9.97 Å². The Morgan fingerprint density at radius 3 is 2.38 bits per heavy atom. The van der Waals surface area contributed by atoms with Crippen molar-refractivity contribution in [2.45, 2.75) is 6.92 Å². The number of aromatic nitrogens is 2. The fourth-order valence-corrected chi connectivity index (χ4v) is 4.60. The normalized spacial score (nSPS) is 11.3. The van der Waals surface area contributed by atoms with Crippen molar-refractivity contribution in [3.63, 3.8) is 0 Å². The van der Waals surface area contributed by atoms with E-state index in [0.29, 0.717) is 0 Å². The molecule has 0 aliphatic carbocycles. The molecule has 0 spiro atoms. The third-order valence-corrected chi connectivity index (χ3v) is 5.79. The molecule has 0 saturated carbocycles. The summed E-state index contributed by atoms with van der Waals surface area (Å²) >= 11 is 1.83. The van der Waals surface area contributed by atoms with Crippen LogP contribution < -0.4 is 0 Å². The molecule has 0 aliphatic heterocycles. The zero-order chi connectivity index (χ0) is 17.5. The summed E-state index contributed by atoms with van der Waals surface area (Å²) in [5.41, 5.74) is 4.17. The Bertz CT molecular complexity index is 1240. The number of hydrogen-bond donors (Lipinski definition) is 0. The Kier molecular flexibility index (Phi) is 3.54. The van der Waals surface area contributed by atoms with Crippen LogP contribution in [0.5, 0.6) is 0 Å². The lowest BCUT2D eigenvalue weighted by molar-refractivity contribution is 1.12. The molecule has 0 amide bonds. The number of hydrogen-bond acceptors (Lipinski definition) is 3. The van der Waals surface area contributed by atoms with E-state index >= 15 is 0 Å². The first-order valence-corrected chi connectivity index (χ1v) is 9.43. The molecule has 3 heteroatoms. The molecule has 0 radical (unpaired) electrons. The largest absolute Gasteiger partial charge is 0.233 e. The predicted octanol–water partition coefficient (Wildman–Crippen LogP) is 6.49. The maximum absolute atomic E-state index is 4.89. The highest BCUT2D eigenvalue weighted by Crippen LogP contribution is 2.39. The number of fused-ring (bicyclic) bond motifs is 3. The van der Waals surface area contributed by atoms with Crippen molar-refractivity contribution in [3.05, 3.63) is 84.6 Å². The van der Waals surface area contributed by atoms with Crippen LogP contribution in [-0.2, 0) is 0 Å². The molecule has 0 N–H and O–H groups in total. The van der Waals surface area contributed by atoms with Crippen molar-refractivity contribution in [2.75, 3.05) is 0 Å². The standard InChI is InChI=1S/C23H16N2S/c1-15-14-20(25-23(24-15)16-8-3-2-4-9-16)19-12-7-11-18-17-10-5-6-13-21(17)26-22(18)19/h2-14H,1H3. The molecule has 124 valence electrons. The van der Waals surface area contributed by atoms with Crippen molar-refractivity contribution in [3.8, 4) is 22.6 Å². The van der Waals surface area contributed by atoms with Gasteiger partial charge < -0.3 is 0 Å². The molecule has 0 fully saturated rings. The summed E-state index contributed by atoms with van der Waals surface area (Å²) in [5.74, 6) is 0.777. The average molecular weight is 352 g/mol. The van der Waals surface area contributed by atoms with Gasteiger partial charge in [-0.2, -0.15) is 0 Å². The topological polar surface area (TPSA) is 25.8 Å². The first-order valence-electron chi connectivity index (χ1n) is 8.61. The Morgan fingerprint density at radius 1 is 0.731 bits per heavy atom. The van der Waals surface area contributed by atoms with Gasteiger partial charge in [0.05, 0.1) is 5.69 Å². The summed E-state index contributed by atoms with van der Waals surface area (Å²) in [6, 6.07) is 27.3. The Morgan fingerprint density at radius 2 is 1.50 bits per heavy atom. The lowest BCUT2D eigenvalue weighted by atomic mass is 10.1. The van der Waals surface area contributed by atoms with Crippen molar-refractivity contribution in [1.29, 1.82) is 0 Å². The molecule has 0 bridgehead atoms. The van der Waals surface area contributed by atoms with Gasteiger partial charge in [0.25, 0.3) is 0 Å². The summed E-state index contributed by atoms with van der Waals surface area (Å²) in [7, 11) is 0. The fraction of sp³-hybridized carbons (Fsp3) is 0.0435. The van der Waals surface area contributed by atoms with Gasteiger partial charge in [0.15, 0.2) is 5.82 Å². The second-order valence-corrected chi connectivity index (χ2v) is 7.42. The highest BCUT2D eigenvalue weighted by atomic mass is 32.1. The van der Waals surface area contributed by atoms with Gasteiger partial charge in [0.2, 0.25) is 0 Å². The van der Waals surface area contributed by atoms with Crippen LogP contribution >= 0.6 is 11.3 Å². The van der Waals surface area contributed by atoms with Crippen LogP contribution in [0.15, 0.2) is 78.9 Å². The number of aryl methyl sites for hydroxylation is 1. The van der Waals surface area contributed by atoms with Gasteiger partial charge in [-0.05, 0) is 19.1 Å². The van der Waals surface area contributed by atoms with E-state index in [-0.39, 0.29) is 0 Å². The van der Waals surface area contributed by atoms with E-state index in [1.54, 1.807) is 0 Å².